The Balaban J connectivity index is 0.00000533. The van der Waals surface area contributed by atoms with Gasteiger partial charge in [0.25, 0.3) is 5.91 Å². The highest BCUT2D eigenvalue weighted by atomic mass is 35.5. The van der Waals surface area contributed by atoms with Crippen molar-refractivity contribution in [2.24, 2.45) is 11.7 Å². The van der Waals surface area contributed by atoms with Crippen molar-refractivity contribution in [1.82, 2.24) is 10.2 Å². The van der Waals surface area contributed by atoms with Gasteiger partial charge in [0.2, 0.25) is 5.91 Å². The van der Waals surface area contributed by atoms with E-state index in [1.54, 1.807) is 38.1 Å². The van der Waals surface area contributed by atoms with Crippen molar-refractivity contribution in [3.05, 3.63) is 65.0 Å². The van der Waals surface area contributed by atoms with Crippen LogP contribution in [0.5, 0.6) is 5.75 Å². The van der Waals surface area contributed by atoms with Gasteiger partial charge in [0.05, 0.1) is 0 Å². The number of carboxylic acid groups (broad SMARTS) is 1. The first kappa shape index (κ1) is 32.3. The second kappa shape index (κ2) is 14.4. The molecule has 0 radical (unpaired) electrons. The minimum atomic E-state index is -1.30. The lowest BCUT2D eigenvalue weighted by atomic mass is 10.0. The van der Waals surface area contributed by atoms with E-state index in [2.05, 4.69) is 5.32 Å². The maximum Gasteiger partial charge on any atom is 0.345 e. The Hall–Kier alpha value is -2.96. The first-order valence-corrected chi connectivity index (χ1v) is 13.1. The van der Waals surface area contributed by atoms with Crippen molar-refractivity contribution in [3.63, 3.8) is 0 Å². The first-order chi connectivity index (χ1) is 18.0. The molecule has 0 aliphatic carbocycles. The van der Waals surface area contributed by atoms with Gasteiger partial charge >= 0.3 is 5.97 Å². The molecule has 214 valence electrons. The van der Waals surface area contributed by atoms with Crippen LogP contribution in [0.25, 0.3) is 0 Å². The van der Waals surface area contributed by atoms with Gasteiger partial charge in [-0.1, -0.05) is 26.0 Å². The Morgan fingerprint density at radius 2 is 1.77 bits per heavy atom. The predicted octanol–water partition coefficient (Wildman–Crippen LogP) is 3.49. The second-order valence-electron chi connectivity index (χ2n) is 9.32. The van der Waals surface area contributed by atoms with E-state index in [1.165, 1.54) is 16.7 Å². The van der Waals surface area contributed by atoms with E-state index in [-0.39, 0.29) is 49.2 Å². The van der Waals surface area contributed by atoms with Gasteiger partial charge in [0, 0.05) is 43.3 Å². The van der Waals surface area contributed by atoms with Crippen molar-refractivity contribution < 1.29 is 37.4 Å². The number of carboxylic acids is 1. The fourth-order valence-corrected chi connectivity index (χ4v) is 5.10. The van der Waals surface area contributed by atoms with Crippen LogP contribution in [0.2, 0.25) is 0 Å². The van der Waals surface area contributed by atoms with Gasteiger partial charge in [-0.05, 0) is 35.7 Å². The SMILES string of the molecule is CC(C)[C@@H](Oc1ccc(CNC(=O)[C@@H]2SCCN2C(=O)C[C@H](N)Cc2cc(F)c(F)cc2F)cc1)C(=O)O.Cl. The Morgan fingerprint density at radius 1 is 1.13 bits per heavy atom. The van der Waals surface area contributed by atoms with Gasteiger partial charge in [-0.2, -0.15) is 0 Å². The van der Waals surface area contributed by atoms with E-state index in [9.17, 15) is 32.7 Å². The third-order valence-corrected chi connectivity index (χ3v) is 7.15. The summed E-state index contributed by atoms with van der Waals surface area (Å²) in [5, 5.41) is 11.3. The van der Waals surface area contributed by atoms with Gasteiger partial charge < -0.3 is 25.8 Å². The summed E-state index contributed by atoms with van der Waals surface area (Å²) in [5.74, 6) is -4.55. The molecule has 0 unspecified atom stereocenters. The van der Waals surface area contributed by atoms with E-state index in [1.807, 2.05) is 0 Å². The summed E-state index contributed by atoms with van der Waals surface area (Å²) in [7, 11) is 0. The summed E-state index contributed by atoms with van der Waals surface area (Å²) in [5.41, 5.74) is 6.60. The molecule has 39 heavy (non-hydrogen) atoms. The molecule has 3 rings (SSSR count). The van der Waals surface area contributed by atoms with Crippen LogP contribution in [-0.2, 0) is 27.3 Å². The molecule has 2 aromatic rings. The average Bonchev–Trinajstić information content (AvgIpc) is 3.35. The van der Waals surface area contributed by atoms with E-state index in [0.717, 1.165) is 11.6 Å². The zero-order chi connectivity index (χ0) is 28.0. The second-order valence-corrected chi connectivity index (χ2v) is 10.5. The summed E-state index contributed by atoms with van der Waals surface area (Å²) in [6.07, 6.45) is -1.35. The van der Waals surface area contributed by atoms with Crippen LogP contribution < -0.4 is 15.8 Å². The molecule has 1 aliphatic rings. The highest BCUT2D eigenvalue weighted by Gasteiger charge is 2.35. The molecule has 13 heteroatoms. The lowest BCUT2D eigenvalue weighted by Gasteiger charge is -2.24. The van der Waals surface area contributed by atoms with Gasteiger partial charge in [0.15, 0.2) is 23.1 Å². The highest BCUT2D eigenvalue weighted by Crippen LogP contribution is 2.26. The van der Waals surface area contributed by atoms with Gasteiger partial charge in [-0.25, -0.2) is 18.0 Å². The molecule has 2 amide bonds. The number of carbonyl (C=O) groups is 3. The fraction of sp³-hybridized carbons (Fsp3) is 0.423. The molecule has 1 saturated heterocycles. The molecule has 3 atom stereocenters. The lowest BCUT2D eigenvalue weighted by molar-refractivity contribution is -0.147. The fourth-order valence-electron chi connectivity index (χ4n) is 3.94. The minimum Gasteiger partial charge on any atom is -0.478 e. The number of amides is 2. The monoisotopic (exact) mass is 589 g/mol. The van der Waals surface area contributed by atoms with Crippen LogP contribution in [0.15, 0.2) is 36.4 Å². The summed E-state index contributed by atoms with van der Waals surface area (Å²) in [6.45, 7) is 4.01. The number of hydrogen-bond donors (Lipinski definition) is 3. The lowest BCUT2D eigenvalue weighted by Crippen LogP contribution is -2.46. The van der Waals surface area contributed by atoms with Gasteiger partial charge in [0.1, 0.15) is 11.6 Å². The van der Waals surface area contributed by atoms with E-state index in [4.69, 9.17) is 10.5 Å². The molecule has 0 bridgehead atoms. The molecule has 0 spiro atoms. The molecular weight excluding hydrogens is 559 g/mol. The van der Waals surface area contributed by atoms with Crippen LogP contribution in [0.3, 0.4) is 0 Å². The Kier molecular flexibility index (Phi) is 11.9. The third-order valence-electron chi connectivity index (χ3n) is 5.95. The number of benzene rings is 2. The van der Waals surface area contributed by atoms with Crippen LogP contribution in [-0.4, -0.2) is 57.6 Å². The summed E-state index contributed by atoms with van der Waals surface area (Å²) >= 11 is 1.30. The van der Waals surface area contributed by atoms with Crippen LogP contribution in [0.1, 0.15) is 31.4 Å². The Labute approximate surface area is 234 Å². The van der Waals surface area contributed by atoms with Crippen molar-refractivity contribution in [3.8, 4) is 5.75 Å². The first-order valence-electron chi connectivity index (χ1n) is 12.0. The minimum absolute atomic E-state index is 0. The zero-order valence-corrected chi connectivity index (χ0v) is 23.0. The number of hydrogen-bond acceptors (Lipinski definition) is 6. The number of nitrogens with one attached hydrogen (secondary N) is 1. The molecule has 1 heterocycles. The summed E-state index contributed by atoms with van der Waals surface area (Å²) < 4.78 is 46.0. The topological polar surface area (TPSA) is 122 Å². The Bertz CT molecular complexity index is 1170. The molecule has 1 fully saturated rings. The number of aliphatic carboxylic acids is 1. The largest absolute Gasteiger partial charge is 0.478 e. The molecule has 2 aromatic carbocycles. The number of halogens is 4. The Morgan fingerprint density at radius 3 is 2.38 bits per heavy atom. The van der Waals surface area contributed by atoms with Gasteiger partial charge in [-0.15, -0.1) is 24.2 Å². The highest BCUT2D eigenvalue weighted by molar-refractivity contribution is 8.00. The van der Waals surface area contributed by atoms with E-state index < -0.39 is 46.8 Å². The van der Waals surface area contributed by atoms with Crippen LogP contribution in [0, 0.1) is 23.4 Å². The number of ether oxygens (including phenoxy) is 1. The van der Waals surface area contributed by atoms with Crippen LogP contribution in [0.4, 0.5) is 13.2 Å². The summed E-state index contributed by atoms with van der Waals surface area (Å²) in [4.78, 5) is 38.4. The van der Waals surface area contributed by atoms with E-state index in [0.29, 0.717) is 24.1 Å². The number of thioether (sulfide) groups is 1. The third kappa shape index (κ3) is 8.77. The molecular formula is C26H31ClF3N3O5S. The van der Waals surface area contributed by atoms with Crippen molar-refractivity contribution >= 4 is 42.0 Å². The number of nitrogens with zero attached hydrogens (tertiary/aromatic N) is 1. The number of carbonyl (C=O) groups excluding carboxylic acids is 2. The average molecular weight is 590 g/mol. The normalized spacial score (nSPS) is 16.4. The molecule has 1 aliphatic heterocycles. The predicted molar refractivity (Wildman–Crippen MR) is 143 cm³/mol. The number of rotatable bonds is 11. The maximum absolute atomic E-state index is 13.9. The number of nitrogens with two attached hydrogens (primary N) is 1. The van der Waals surface area contributed by atoms with Crippen LogP contribution >= 0.6 is 24.2 Å². The molecule has 0 saturated carbocycles. The van der Waals surface area contributed by atoms with Gasteiger partial charge in [-0.3, -0.25) is 9.59 Å². The van der Waals surface area contributed by atoms with Crippen molar-refractivity contribution in [2.75, 3.05) is 12.3 Å². The zero-order valence-electron chi connectivity index (χ0n) is 21.4. The van der Waals surface area contributed by atoms with Crippen molar-refractivity contribution in [1.29, 1.82) is 0 Å². The molecule has 4 N–H and O–H groups in total. The van der Waals surface area contributed by atoms with Crippen molar-refractivity contribution in [2.45, 2.75) is 50.8 Å². The quantitative estimate of drug-likeness (QED) is 0.343. The molecule has 0 aromatic heterocycles. The maximum atomic E-state index is 13.9. The smallest absolute Gasteiger partial charge is 0.345 e. The van der Waals surface area contributed by atoms with E-state index >= 15 is 0 Å². The standard InChI is InChI=1S/C26H30F3N3O5S.ClH/c1-14(2)23(26(35)36)37-18-5-3-15(4-6-18)13-31-24(34)25-32(7-8-38-25)22(33)11-17(30)9-16-10-20(28)21(29)12-19(16)27;/h3-6,10,12,14,17,23,25H,7-9,11,13,30H2,1-2H3,(H,31,34)(H,35,36);1H/t17-,23-,25+;/m1./s1. The summed E-state index contributed by atoms with van der Waals surface area (Å²) in [6, 6.07) is 6.97. The molecule has 8 nitrogen and oxygen atoms in total.